The van der Waals surface area contributed by atoms with Crippen molar-refractivity contribution >= 4 is 27.3 Å². The number of benzene rings is 2. The van der Waals surface area contributed by atoms with Crippen LogP contribution in [0.15, 0.2) is 54.6 Å². The van der Waals surface area contributed by atoms with Gasteiger partial charge in [-0.05, 0) is 55.0 Å². The number of hydrogen-bond acceptors (Lipinski definition) is 4. The maximum absolute atomic E-state index is 12.5. The van der Waals surface area contributed by atoms with Crippen LogP contribution in [0.2, 0.25) is 0 Å². The smallest absolute Gasteiger partial charge is 0.241 e. The van der Waals surface area contributed by atoms with Crippen molar-refractivity contribution in [1.82, 2.24) is 4.90 Å². The first-order valence-corrected chi connectivity index (χ1v) is 11.4. The van der Waals surface area contributed by atoms with Gasteiger partial charge >= 0.3 is 0 Å². The van der Waals surface area contributed by atoms with Crippen molar-refractivity contribution in [3.05, 3.63) is 60.2 Å². The van der Waals surface area contributed by atoms with Gasteiger partial charge < -0.3 is 10.2 Å². The van der Waals surface area contributed by atoms with Gasteiger partial charge in [0.15, 0.2) is 0 Å². The Bertz CT molecular complexity index is 875. The molecule has 1 amide bonds. The topological polar surface area (TPSA) is 78.5 Å². The number of anilines is 2. The van der Waals surface area contributed by atoms with Crippen LogP contribution in [-0.4, -0.2) is 45.1 Å². The Labute approximate surface area is 167 Å². The fourth-order valence-corrected chi connectivity index (χ4v) is 4.06. The first kappa shape index (κ1) is 20.2. The molecule has 7 heteroatoms. The molecule has 2 N–H and O–H groups in total. The summed E-state index contributed by atoms with van der Waals surface area (Å²) in [4.78, 5) is 14.4. The van der Waals surface area contributed by atoms with Crippen LogP contribution in [-0.2, 0) is 21.2 Å². The number of nitrogens with one attached hydrogen (secondary N) is 2. The van der Waals surface area contributed by atoms with Gasteiger partial charge in [-0.1, -0.05) is 30.3 Å². The van der Waals surface area contributed by atoms with Crippen molar-refractivity contribution in [3.8, 4) is 0 Å². The maximum atomic E-state index is 12.5. The zero-order valence-electron chi connectivity index (χ0n) is 16.1. The SMILES string of the molecule is CS(=O)(=O)Nc1ccc(NCC(=O)N2CCC(Cc3ccccc3)CC2)cc1. The molecule has 1 saturated heterocycles. The minimum absolute atomic E-state index is 0.0940. The van der Waals surface area contributed by atoms with E-state index in [1.54, 1.807) is 24.3 Å². The molecule has 0 bridgehead atoms. The molecule has 2 aromatic rings. The average Bonchev–Trinajstić information content (AvgIpc) is 2.67. The number of carbonyl (C=O) groups excluding carboxylic acids is 1. The highest BCUT2D eigenvalue weighted by Crippen LogP contribution is 2.22. The summed E-state index contributed by atoms with van der Waals surface area (Å²) in [5.41, 5.74) is 2.65. The number of hydrogen-bond donors (Lipinski definition) is 2. The maximum Gasteiger partial charge on any atom is 0.241 e. The van der Waals surface area contributed by atoms with Crippen LogP contribution in [0.1, 0.15) is 18.4 Å². The van der Waals surface area contributed by atoms with Gasteiger partial charge in [0.05, 0.1) is 12.8 Å². The Kier molecular flexibility index (Phi) is 6.57. The minimum atomic E-state index is -3.29. The lowest BCUT2D eigenvalue weighted by atomic mass is 9.90. The zero-order valence-corrected chi connectivity index (χ0v) is 16.9. The second kappa shape index (κ2) is 9.10. The Morgan fingerprint density at radius 1 is 1.00 bits per heavy atom. The molecule has 0 aromatic heterocycles. The molecule has 28 heavy (non-hydrogen) atoms. The average molecular weight is 402 g/mol. The number of rotatable bonds is 7. The van der Waals surface area contributed by atoms with Crippen LogP contribution in [0.5, 0.6) is 0 Å². The van der Waals surface area contributed by atoms with E-state index >= 15 is 0 Å². The van der Waals surface area contributed by atoms with E-state index in [0.717, 1.165) is 44.3 Å². The standard InChI is InChI=1S/C21H27N3O3S/c1-28(26,27)23-20-9-7-19(8-10-20)22-16-21(25)24-13-11-18(12-14-24)15-17-5-3-2-4-6-17/h2-10,18,22-23H,11-16H2,1H3. The van der Waals surface area contributed by atoms with E-state index in [1.807, 2.05) is 11.0 Å². The number of carbonyl (C=O) groups is 1. The lowest BCUT2D eigenvalue weighted by Crippen LogP contribution is -2.41. The molecule has 0 saturated carbocycles. The monoisotopic (exact) mass is 401 g/mol. The molecule has 1 fully saturated rings. The van der Waals surface area contributed by atoms with E-state index in [2.05, 4.69) is 34.3 Å². The highest BCUT2D eigenvalue weighted by atomic mass is 32.2. The molecule has 1 aliphatic rings. The molecule has 1 heterocycles. The molecule has 0 unspecified atom stereocenters. The van der Waals surface area contributed by atoms with Crippen molar-refractivity contribution in [3.63, 3.8) is 0 Å². The largest absolute Gasteiger partial charge is 0.376 e. The van der Waals surface area contributed by atoms with Gasteiger partial charge in [0.1, 0.15) is 0 Å². The lowest BCUT2D eigenvalue weighted by Gasteiger charge is -2.32. The Hall–Kier alpha value is -2.54. The molecular formula is C21H27N3O3S. The van der Waals surface area contributed by atoms with Crippen LogP contribution in [0, 0.1) is 5.92 Å². The van der Waals surface area contributed by atoms with Crippen molar-refractivity contribution in [2.24, 2.45) is 5.92 Å². The van der Waals surface area contributed by atoms with Gasteiger partial charge in [0.25, 0.3) is 0 Å². The Balaban J connectivity index is 1.42. The summed E-state index contributed by atoms with van der Waals surface area (Å²) in [6.07, 6.45) is 4.26. The van der Waals surface area contributed by atoms with Gasteiger partial charge in [-0.25, -0.2) is 8.42 Å². The van der Waals surface area contributed by atoms with Gasteiger partial charge in [-0.3, -0.25) is 9.52 Å². The molecule has 3 rings (SSSR count). The summed E-state index contributed by atoms with van der Waals surface area (Å²) in [7, 11) is -3.29. The van der Waals surface area contributed by atoms with Crippen molar-refractivity contribution in [1.29, 1.82) is 0 Å². The van der Waals surface area contributed by atoms with Gasteiger partial charge in [-0.2, -0.15) is 0 Å². The predicted octanol–water partition coefficient (Wildman–Crippen LogP) is 2.95. The summed E-state index contributed by atoms with van der Waals surface area (Å²) in [5.74, 6) is 0.728. The quantitative estimate of drug-likeness (QED) is 0.748. The van der Waals surface area contributed by atoms with Gasteiger partial charge in [-0.15, -0.1) is 0 Å². The van der Waals surface area contributed by atoms with Crippen molar-refractivity contribution < 1.29 is 13.2 Å². The number of likely N-dealkylation sites (tertiary alicyclic amines) is 1. The Morgan fingerprint density at radius 2 is 1.61 bits per heavy atom. The molecular weight excluding hydrogens is 374 g/mol. The van der Waals surface area contributed by atoms with E-state index in [1.165, 1.54) is 5.56 Å². The Morgan fingerprint density at radius 3 is 2.21 bits per heavy atom. The second-order valence-corrected chi connectivity index (χ2v) is 9.07. The van der Waals surface area contributed by atoms with E-state index in [9.17, 15) is 13.2 Å². The highest BCUT2D eigenvalue weighted by Gasteiger charge is 2.22. The van der Waals surface area contributed by atoms with Gasteiger partial charge in [0, 0.05) is 24.5 Å². The predicted molar refractivity (Wildman–Crippen MR) is 113 cm³/mol. The number of sulfonamides is 1. The molecule has 0 atom stereocenters. The first-order chi connectivity index (χ1) is 13.4. The molecule has 150 valence electrons. The van der Waals surface area contributed by atoms with Crippen LogP contribution in [0.4, 0.5) is 11.4 Å². The first-order valence-electron chi connectivity index (χ1n) is 9.52. The van der Waals surface area contributed by atoms with E-state index in [4.69, 9.17) is 0 Å². The number of piperidine rings is 1. The zero-order chi connectivity index (χ0) is 20.0. The van der Waals surface area contributed by atoms with Gasteiger partial charge in [0.2, 0.25) is 15.9 Å². The van der Waals surface area contributed by atoms with E-state index in [-0.39, 0.29) is 12.5 Å². The summed E-state index contributed by atoms with van der Waals surface area (Å²) in [5, 5.41) is 3.11. The summed E-state index contributed by atoms with van der Waals surface area (Å²) < 4.78 is 24.9. The lowest BCUT2D eigenvalue weighted by molar-refractivity contribution is -0.130. The second-order valence-electron chi connectivity index (χ2n) is 7.32. The fourth-order valence-electron chi connectivity index (χ4n) is 3.49. The summed E-state index contributed by atoms with van der Waals surface area (Å²) >= 11 is 0. The number of amides is 1. The molecule has 2 aromatic carbocycles. The van der Waals surface area contributed by atoms with E-state index < -0.39 is 10.0 Å². The summed E-state index contributed by atoms with van der Waals surface area (Å²) in [6.45, 7) is 1.84. The minimum Gasteiger partial charge on any atom is -0.376 e. The third-order valence-corrected chi connectivity index (χ3v) is 5.57. The van der Waals surface area contributed by atoms with Crippen LogP contribution >= 0.6 is 0 Å². The van der Waals surface area contributed by atoms with E-state index in [0.29, 0.717) is 11.6 Å². The molecule has 1 aliphatic heterocycles. The summed E-state index contributed by atoms with van der Waals surface area (Å²) in [6, 6.07) is 17.4. The van der Waals surface area contributed by atoms with Crippen LogP contribution in [0.3, 0.4) is 0 Å². The van der Waals surface area contributed by atoms with Crippen molar-refractivity contribution in [2.75, 3.05) is 35.9 Å². The highest BCUT2D eigenvalue weighted by molar-refractivity contribution is 7.92. The van der Waals surface area contributed by atoms with Crippen LogP contribution in [0.25, 0.3) is 0 Å². The van der Waals surface area contributed by atoms with Crippen molar-refractivity contribution in [2.45, 2.75) is 19.3 Å². The molecule has 0 spiro atoms. The third-order valence-electron chi connectivity index (χ3n) is 4.97. The normalized spacial score (nSPS) is 15.2. The molecule has 0 aliphatic carbocycles. The molecule has 0 radical (unpaired) electrons. The number of nitrogens with zero attached hydrogens (tertiary/aromatic N) is 1. The molecule has 6 nitrogen and oxygen atoms in total. The fraction of sp³-hybridized carbons (Fsp3) is 0.381. The third kappa shape index (κ3) is 6.27. The van der Waals surface area contributed by atoms with Crippen LogP contribution < -0.4 is 10.0 Å².